The van der Waals surface area contributed by atoms with Gasteiger partial charge in [-0.15, -0.1) is 0 Å². The Hall–Kier alpha value is -2.29. The summed E-state index contributed by atoms with van der Waals surface area (Å²) in [6.45, 7) is 3.40. The Morgan fingerprint density at radius 1 is 1.00 bits per heavy atom. The smallest absolute Gasteiger partial charge is 0.235 e. The first kappa shape index (κ1) is 21.4. The van der Waals surface area contributed by atoms with Crippen molar-refractivity contribution in [3.63, 3.8) is 0 Å². The van der Waals surface area contributed by atoms with Crippen molar-refractivity contribution in [2.75, 3.05) is 45.1 Å². The third kappa shape index (κ3) is 6.62. The molecule has 1 fully saturated rings. The molecular formula is C21H25FN2O4S. The minimum absolute atomic E-state index is 0.00777. The fourth-order valence-corrected chi connectivity index (χ4v) is 4.24. The highest BCUT2D eigenvalue weighted by atomic mass is 32.2. The van der Waals surface area contributed by atoms with Crippen LogP contribution in [-0.4, -0.2) is 70.1 Å². The van der Waals surface area contributed by atoms with Crippen molar-refractivity contribution in [2.24, 2.45) is 0 Å². The van der Waals surface area contributed by atoms with Crippen LogP contribution in [0.5, 0.6) is 11.5 Å². The third-order valence-electron chi connectivity index (χ3n) is 4.73. The van der Waals surface area contributed by atoms with Crippen LogP contribution in [0.2, 0.25) is 0 Å². The van der Waals surface area contributed by atoms with Crippen LogP contribution in [0.1, 0.15) is 5.56 Å². The fraction of sp³-hybridized carbons (Fsp3) is 0.381. The number of benzene rings is 2. The molecule has 1 aliphatic rings. The molecule has 0 saturated carbocycles. The van der Waals surface area contributed by atoms with Crippen molar-refractivity contribution in [3.05, 3.63) is 59.9 Å². The maximum Gasteiger partial charge on any atom is 0.235 e. The molecule has 3 rings (SSSR count). The molecule has 0 radical (unpaired) electrons. The summed E-state index contributed by atoms with van der Waals surface area (Å²) in [6.07, 6.45) is 0. The number of halogens is 1. The SMILES string of the molecule is O=C(CS(=O)Cc1ccc(Oc2ccc(F)cc2)cc1)N1CCN(CCO)CC1. The number of β-amino-alcohol motifs (C(OH)–C–C–N with tert-alkyl or cyclic N) is 1. The zero-order valence-electron chi connectivity index (χ0n) is 16.1. The summed E-state index contributed by atoms with van der Waals surface area (Å²) in [5, 5.41) is 8.97. The second-order valence-electron chi connectivity index (χ2n) is 6.87. The number of aliphatic hydroxyl groups excluding tert-OH is 1. The number of nitrogens with zero attached hydrogens (tertiary/aromatic N) is 2. The van der Waals surface area contributed by atoms with Crippen LogP contribution in [-0.2, 0) is 21.3 Å². The topological polar surface area (TPSA) is 70.1 Å². The molecule has 1 atom stereocenters. The van der Waals surface area contributed by atoms with Gasteiger partial charge in [-0.25, -0.2) is 4.39 Å². The molecule has 0 aliphatic carbocycles. The van der Waals surface area contributed by atoms with Gasteiger partial charge < -0.3 is 14.7 Å². The van der Waals surface area contributed by atoms with Crippen LogP contribution in [0.15, 0.2) is 48.5 Å². The minimum atomic E-state index is -1.29. The van der Waals surface area contributed by atoms with E-state index < -0.39 is 10.8 Å². The number of aliphatic hydroxyl groups is 1. The van der Waals surface area contributed by atoms with Gasteiger partial charge in [0, 0.05) is 49.3 Å². The van der Waals surface area contributed by atoms with Crippen molar-refractivity contribution in [1.82, 2.24) is 9.80 Å². The molecule has 1 unspecified atom stereocenters. The summed E-state index contributed by atoms with van der Waals surface area (Å²) in [6, 6.07) is 12.9. The van der Waals surface area contributed by atoms with Gasteiger partial charge >= 0.3 is 0 Å². The standard InChI is InChI=1S/C21H25FN2O4S/c22-18-3-7-20(8-4-18)28-19-5-1-17(2-6-19)15-29(27)16-21(26)24-11-9-23(10-12-24)13-14-25/h1-8,25H,9-16H2. The van der Waals surface area contributed by atoms with Crippen molar-refractivity contribution < 1.29 is 23.2 Å². The average Bonchev–Trinajstić information content (AvgIpc) is 2.72. The number of ether oxygens (including phenoxy) is 1. The first-order chi connectivity index (χ1) is 14.0. The van der Waals surface area contributed by atoms with E-state index in [0.29, 0.717) is 36.9 Å². The first-order valence-corrected chi connectivity index (χ1v) is 11.0. The van der Waals surface area contributed by atoms with E-state index in [-0.39, 0.29) is 24.1 Å². The Morgan fingerprint density at radius 3 is 2.17 bits per heavy atom. The Labute approximate surface area is 172 Å². The number of hydrogen-bond donors (Lipinski definition) is 1. The molecule has 1 N–H and O–H groups in total. The molecule has 1 amide bonds. The Balaban J connectivity index is 1.45. The predicted octanol–water partition coefficient (Wildman–Crippen LogP) is 2.00. The van der Waals surface area contributed by atoms with Crippen LogP contribution >= 0.6 is 0 Å². The first-order valence-electron chi connectivity index (χ1n) is 9.52. The molecule has 2 aromatic rings. The number of carbonyl (C=O) groups is 1. The monoisotopic (exact) mass is 420 g/mol. The van der Waals surface area contributed by atoms with Crippen molar-refractivity contribution >= 4 is 16.7 Å². The van der Waals surface area contributed by atoms with Gasteiger partial charge in [0.05, 0.1) is 6.61 Å². The van der Waals surface area contributed by atoms with E-state index in [1.807, 2.05) is 12.1 Å². The highest BCUT2D eigenvalue weighted by Crippen LogP contribution is 2.22. The van der Waals surface area contributed by atoms with Crippen LogP contribution in [0, 0.1) is 5.82 Å². The maximum atomic E-state index is 12.9. The van der Waals surface area contributed by atoms with Gasteiger partial charge in [0.1, 0.15) is 23.1 Å². The molecule has 0 aromatic heterocycles. The highest BCUT2D eigenvalue weighted by molar-refractivity contribution is 7.84. The van der Waals surface area contributed by atoms with Crippen molar-refractivity contribution in [3.8, 4) is 11.5 Å². The average molecular weight is 421 g/mol. The van der Waals surface area contributed by atoms with E-state index in [1.54, 1.807) is 29.2 Å². The van der Waals surface area contributed by atoms with Gasteiger partial charge in [-0.05, 0) is 42.0 Å². The Bertz CT molecular complexity index is 822. The van der Waals surface area contributed by atoms with E-state index in [2.05, 4.69) is 4.90 Å². The van der Waals surface area contributed by atoms with Gasteiger partial charge in [-0.1, -0.05) is 12.1 Å². The summed E-state index contributed by atoms with van der Waals surface area (Å²) in [5.74, 6) is 1.02. The van der Waals surface area contributed by atoms with E-state index in [4.69, 9.17) is 9.84 Å². The Kier molecular flexibility index (Phi) is 7.74. The predicted molar refractivity (Wildman–Crippen MR) is 110 cm³/mol. The summed E-state index contributed by atoms with van der Waals surface area (Å²) in [4.78, 5) is 16.2. The summed E-state index contributed by atoms with van der Waals surface area (Å²) >= 11 is 0. The minimum Gasteiger partial charge on any atom is -0.457 e. The Morgan fingerprint density at radius 2 is 1.59 bits per heavy atom. The fourth-order valence-electron chi connectivity index (χ4n) is 3.12. The summed E-state index contributed by atoms with van der Waals surface area (Å²) in [5.41, 5.74) is 0.857. The van der Waals surface area contributed by atoms with Crippen LogP contribution < -0.4 is 4.74 Å². The second kappa shape index (κ2) is 10.5. The molecule has 156 valence electrons. The van der Waals surface area contributed by atoms with Crippen molar-refractivity contribution in [2.45, 2.75) is 5.75 Å². The lowest BCUT2D eigenvalue weighted by molar-refractivity contribution is -0.130. The van der Waals surface area contributed by atoms with Crippen LogP contribution in [0.3, 0.4) is 0 Å². The third-order valence-corrected chi connectivity index (χ3v) is 5.95. The molecule has 2 aromatic carbocycles. The van der Waals surface area contributed by atoms with E-state index >= 15 is 0 Å². The van der Waals surface area contributed by atoms with Gasteiger partial charge in [-0.2, -0.15) is 0 Å². The molecule has 1 heterocycles. The normalized spacial score (nSPS) is 15.9. The number of rotatable bonds is 8. The van der Waals surface area contributed by atoms with Gasteiger partial charge in [-0.3, -0.25) is 13.9 Å². The largest absolute Gasteiger partial charge is 0.457 e. The van der Waals surface area contributed by atoms with E-state index in [1.165, 1.54) is 12.1 Å². The lowest BCUT2D eigenvalue weighted by Crippen LogP contribution is -2.50. The molecule has 1 aliphatic heterocycles. The molecule has 8 heteroatoms. The summed E-state index contributed by atoms with van der Waals surface area (Å²) < 4.78 is 31.0. The van der Waals surface area contributed by atoms with E-state index in [0.717, 1.165) is 18.7 Å². The zero-order chi connectivity index (χ0) is 20.6. The molecular weight excluding hydrogens is 395 g/mol. The second-order valence-corrected chi connectivity index (χ2v) is 8.33. The van der Waals surface area contributed by atoms with Crippen LogP contribution in [0.25, 0.3) is 0 Å². The number of hydrogen-bond acceptors (Lipinski definition) is 5. The lowest BCUT2D eigenvalue weighted by Gasteiger charge is -2.34. The zero-order valence-corrected chi connectivity index (χ0v) is 16.9. The van der Waals surface area contributed by atoms with Crippen molar-refractivity contribution in [1.29, 1.82) is 0 Å². The lowest BCUT2D eigenvalue weighted by atomic mass is 10.2. The van der Waals surface area contributed by atoms with Gasteiger partial charge in [0.25, 0.3) is 0 Å². The maximum absolute atomic E-state index is 12.9. The number of amides is 1. The molecule has 1 saturated heterocycles. The van der Waals surface area contributed by atoms with Gasteiger partial charge in [0.15, 0.2) is 0 Å². The number of piperazine rings is 1. The summed E-state index contributed by atoms with van der Waals surface area (Å²) in [7, 11) is -1.29. The number of carbonyl (C=O) groups excluding carboxylic acids is 1. The molecule has 0 bridgehead atoms. The van der Waals surface area contributed by atoms with Gasteiger partial charge in [0.2, 0.25) is 5.91 Å². The molecule has 29 heavy (non-hydrogen) atoms. The highest BCUT2D eigenvalue weighted by Gasteiger charge is 2.22. The van der Waals surface area contributed by atoms with Crippen LogP contribution in [0.4, 0.5) is 4.39 Å². The molecule has 0 spiro atoms. The van der Waals surface area contributed by atoms with E-state index in [9.17, 15) is 13.4 Å². The molecule has 6 nitrogen and oxygen atoms in total. The quantitative estimate of drug-likeness (QED) is 0.708.